The van der Waals surface area contributed by atoms with E-state index in [0.717, 1.165) is 12.0 Å². The van der Waals surface area contributed by atoms with E-state index in [0.29, 0.717) is 5.56 Å². The van der Waals surface area contributed by atoms with Crippen molar-refractivity contribution < 1.29 is 19.5 Å². The minimum absolute atomic E-state index is 0.00795. The lowest BCUT2D eigenvalue weighted by atomic mass is 10.0. The van der Waals surface area contributed by atoms with E-state index >= 15 is 0 Å². The first-order valence-electron chi connectivity index (χ1n) is 6.58. The molecule has 1 rings (SSSR count). The summed E-state index contributed by atoms with van der Waals surface area (Å²) in [7, 11) is 0. The molecule has 5 nitrogen and oxygen atoms in total. The van der Waals surface area contributed by atoms with E-state index in [1.165, 1.54) is 6.92 Å². The first kappa shape index (κ1) is 15.9. The molecule has 0 unspecified atom stereocenters. The summed E-state index contributed by atoms with van der Waals surface area (Å²) in [5.74, 6) is -1.65. The number of hydrogen-bond donors (Lipinski definition) is 2. The second-order valence-electron chi connectivity index (χ2n) is 4.60. The number of Topliss-reactive ketones (excluding diaryl/α,β-unsaturated/α-hetero) is 1. The Balaban J connectivity index is 2.46. The third-order valence-electron chi connectivity index (χ3n) is 3.01. The number of aliphatic carboxylic acids is 1. The molecule has 5 heteroatoms. The number of ketones is 1. The molecule has 1 aromatic rings. The van der Waals surface area contributed by atoms with E-state index in [1.54, 1.807) is 12.1 Å². The Bertz CT molecular complexity index is 493. The van der Waals surface area contributed by atoms with E-state index in [2.05, 4.69) is 5.32 Å². The van der Waals surface area contributed by atoms with Crippen LogP contribution >= 0.6 is 0 Å². The monoisotopic (exact) mass is 277 g/mol. The van der Waals surface area contributed by atoms with Gasteiger partial charge in [0.2, 0.25) is 5.91 Å². The normalized spacial score (nSPS) is 11.7. The number of nitrogens with one attached hydrogen (secondary N) is 1. The van der Waals surface area contributed by atoms with Crippen LogP contribution in [0.3, 0.4) is 0 Å². The smallest absolute Gasteiger partial charge is 0.325 e. The second kappa shape index (κ2) is 7.43. The van der Waals surface area contributed by atoms with E-state index in [9.17, 15) is 14.4 Å². The Kier molecular flexibility index (Phi) is 5.90. The van der Waals surface area contributed by atoms with Crippen molar-refractivity contribution in [3.63, 3.8) is 0 Å². The van der Waals surface area contributed by atoms with Gasteiger partial charge in [0.25, 0.3) is 0 Å². The van der Waals surface area contributed by atoms with Gasteiger partial charge < -0.3 is 10.4 Å². The molecule has 0 spiro atoms. The highest BCUT2D eigenvalue weighted by molar-refractivity contribution is 5.98. The van der Waals surface area contributed by atoms with Crippen molar-refractivity contribution in [3.05, 3.63) is 35.4 Å². The third kappa shape index (κ3) is 4.84. The predicted molar refractivity (Wildman–Crippen MR) is 74.6 cm³/mol. The molecule has 2 N–H and O–H groups in total. The average Bonchev–Trinajstić information content (AvgIpc) is 2.44. The van der Waals surface area contributed by atoms with Gasteiger partial charge in [0.15, 0.2) is 5.78 Å². The van der Waals surface area contributed by atoms with E-state index in [1.807, 2.05) is 19.1 Å². The van der Waals surface area contributed by atoms with Gasteiger partial charge in [-0.05, 0) is 18.9 Å². The van der Waals surface area contributed by atoms with Crippen LogP contribution in [0.15, 0.2) is 24.3 Å². The summed E-state index contributed by atoms with van der Waals surface area (Å²) in [6.45, 7) is 3.41. The number of carboxylic acids is 1. The van der Waals surface area contributed by atoms with Gasteiger partial charge in [-0.3, -0.25) is 14.4 Å². The maximum Gasteiger partial charge on any atom is 0.325 e. The van der Waals surface area contributed by atoms with Crippen molar-refractivity contribution in [1.29, 1.82) is 0 Å². The van der Waals surface area contributed by atoms with E-state index < -0.39 is 17.9 Å². The maximum absolute atomic E-state index is 11.9. The summed E-state index contributed by atoms with van der Waals surface area (Å²) in [6.07, 6.45) is 0.972. The van der Waals surface area contributed by atoms with E-state index in [4.69, 9.17) is 5.11 Å². The van der Waals surface area contributed by atoms with Crippen molar-refractivity contribution in [1.82, 2.24) is 5.32 Å². The Hall–Kier alpha value is -2.17. The summed E-state index contributed by atoms with van der Waals surface area (Å²) in [5, 5.41) is 11.0. The minimum Gasteiger partial charge on any atom is -0.480 e. The molecule has 0 aliphatic carbocycles. The number of benzene rings is 1. The highest BCUT2D eigenvalue weighted by Gasteiger charge is 2.15. The van der Waals surface area contributed by atoms with Crippen LogP contribution < -0.4 is 5.32 Å². The van der Waals surface area contributed by atoms with Crippen molar-refractivity contribution >= 4 is 17.7 Å². The van der Waals surface area contributed by atoms with Gasteiger partial charge in [-0.1, -0.05) is 31.2 Å². The molecule has 0 saturated heterocycles. The van der Waals surface area contributed by atoms with Gasteiger partial charge in [0.1, 0.15) is 6.04 Å². The van der Waals surface area contributed by atoms with Crippen molar-refractivity contribution in [2.75, 3.05) is 0 Å². The van der Waals surface area contributed by atoms with Gasteiger partial charge in [0, 0.05) is 18.4 Å². The fourth-order valence-electron chi connectivity index (χ4n) is 1.67. The second-order valence-corrected chi connectivity index (χ2v) is 4.60. The zero-order valence-corrected chi connectivity index (χ0v) is 11.7. The minimum atomic E-state index is -1.10. The molecule has 20 heavy (non-hydrogen) atoms. The fourth-order valence-corrected chi connectivity index (χ4v) is 1.67. The molecule has 0 fully saturated rings. The number of carboxylic acid groups (broad SMARTS) is 1. The van der Waals surface area contributed by atoms with Gasteiger partial charge in [-0.25, -0.2) is 0 Å². The predicted octanol–water partition coefficient (Wildman–Crippen LogP) is 1.80. The molecule has 0 aliphatic heterocycles. The molecule has 0 radical (unpaired) electrons. The van der Waals surface area contributed by atoms with Crippen LogP contribution in [0.25, 0.3) is 0 Å². The lowest BCUT2D eigenvalue weighted by molar-refractivity contribution is -0.141. The van der Waals surface area contributed by atoms with Crippen LogP contribution in [-0.2, 0) is 16.0 Å². The van der Waals surface area contributed by atoms with Gasteiger partial charge >= 0.3 is 5.97 Å². The number of amides is 1. The van der Waals surface area contributed by atoms with Crippen LogP contribution in [-0.4, -0.2) is 28.8 Å². The molecule has 0 heterocycles. The number of carbonyl (C=O) groups is 3. The van der Waals surface area contributed by atoms with Gasteiger partial charge in [-0.2, -0.15) is 0 Å². The van der Waals surface area contributed by atoms with Crippen LogP contribution in [0.2, 0.25) is 0 Å². The maximum atomic E-state index is 11.9. The summed E-state index contributed by atoms with van der Waals surface area (Å²) in [5.41, 5.74) is 1.72. The Labute approximate surface area is 118 Å². The molecule has 1 atom stereocenters. The Morgan fingerprint density at radius 3 is 2.25 bits per heavy atom. The van der Waals surface area contributed by atoms with Gasteiger partial charge in [0.05, 0.1) is 0 Å². The largest absolute Gasteiger partial charge is 0.480 e. The lowest BCUT2D eigenvalue weighted by Gasteiger charge is -2.08. The summed E-state index contributed by atoms with van der Waals surface area (Å²) < 4.78 is 0. The lowest BCUT2D eigenvalue weighted by Crippen LogP contribution is -2.38. The molecule has 1 aromatic carbocycles. The topological polar surface area (TPSA) is 83.5 Å². The highest BCUT2D eigenvalue weighted by atomic mass is 16.4. The molecule has 0 bridgehead atoms. The first-order chi connectivity index (χ1) is 9.43. The molecule has 108 valence electrons. The summed E-state index contributed by atoms with van der Waals surface area (Å²) in [4.78, 5) is 33.9. The number of carbonyl (C=O) groups excluding carboxylic acids is 2. The summed E-state index contributed by atoms with van der Waals surface area (Å²) >= 11 is 0. The quantitative estimate of drug-likeness (QED) is 0.744. The van der Waals surface area contributed by atoms with Crippen LogP contribution in [0.4, 0.5) is 0 Å². The molecular weight excluding hydrogens is 258 g/mol. The van der Waals surface area contributed by atoms with E-state index in [-0.39, 0.29) is 18.6 Å². The average molecular weight is 277 g/mol. The van der Waals surface area contributed by atoms with Crippen LogP contribution in [0.1, 0.15) is 42.6 Å². The molecule has 0 aliphatic rings. The zero-order valence-electron chi connectivity index (χ0n) is 11.7. The SMILES string of the molecule is CCc1ccc(C(=O)CCC(=O)N[C@@H](C)C(=O)O)cc1. The molecule has 1 amide bonds. The van der Waals surface area contributed by atoms with Crippen molar-refractivity contribution in [2.24, 2.45) is 0 Å². The van der Waals surface area contributed by atoms with Gasteiger partial charge in [-0.15, -0.1) is 0 Å². The molecular formula is C15H19NO4. The number of hydrogen-bond acceptors (Lipinski definition) is 3. The Morgan fingerprint density at radius 2 is 1.75 bits per heavy atom. The molecule has 0 aromatic heterocycles. The zero-order chi connectivity index (χ0) is 15.1. The van der Waals surface area contributed by atoms with Crippen LogP contribution in [0, 0.1) is 0 Å². The molecule has 0 saturated carbocycles. The highest BCUT2D eigenvalue weighted by Crippen LogP contribution is 2.08. The standard InChI is InChI=1S/C15H19NO4/c1-3-11-4-6-12(7-5-11)13(17)8-9-14(18)16-10(2)15(19)20/h4-7,10H,3,8-9H2,1-2H3,(H,16,18)(H,19,20)/t10-/m0/s1. The van der Waals surface area contributed by atoms with Crippen molar-refractivity contribution in [3.8, 4) is 0 Å². The summed E-state index contributed by atoms with van der Waals surface area (Å²) in [6, 6.07) is 6.33. The fraction of sp³-hybridized carbons (Fsp3) is 0.400. The van der Waals surface area contributed by atoms with Crippen molar-refractivity contribution in [2.45, 2.75) is 39.2 Å². The third-order valence-corrected chi connectivity index (χ3v) is 3.01. The number of aryl methyl sites for hydroxylation is 1. The Morgan fingerprint density at radius 1 is 1.15 bits per heavy atom. The van der Waals surface area contributed by atoms with Crippen LogP contribution in [0.5, 0.6) is 0 Å². The first-order valence-corrected chi connectivity index (χ1v) is 6.58. The number of rotatable bonds is 7.